The highest BCUT2D eigenvalue weighted by atomic mass is 79.9. The summed E-state index contributed by atoms with van der Waals surface area (Å²) in [5.41, 5.74) is 5.05. The van der Waals surface area contributed by atoms with Gasteiger partial charge in [0.1, 0.15) is 5.82 Å². The number of unbranched alkanes of at least 4 members (excludes halogenated alkanes) is 1. The summed E-state index contributed by atoms with van der Waals surface area (Å²) in [5.74, 6) is -2.87. The van der Waals surface area contributed by atoms with Gasteiger partial charge in [-0.2, -0.15) is 0 Å². The molecular weight excluding hydrogens is 271 g/mol. The van der Waals surface area contributed by atoms with Crippen molar-refractivity contribution in [2.24, 2.45) is 5.73 Å². The molecule has 1 aromatic carbocycles. The molecule has 1 aromatic rings. The van der Waals surface area contributed by atoms with E-state index >= 15 is 0 Å². The first-order chi connectivity index (χ1) is 7.07. The fraction of sp³-hybridized carbons (Fsp3) is 0.400. The molecular formula is C10H11BrF3N. The zero-order chi connectivity index (χ0) is 11.4. The minimum atomic E-state index is -1.10. The molecule has 0 radical (unpaired) electrons. The number of hydrogen-bond donors (Lipinski definition) is 1. The fourth-order valence-electron chi connectivity index (χ4n) is 1.29. The number of hydrogen-bond acceptors (Lipinski definition) is 1. The van der Waals surface area contributed by atoms with Crippen molar-refractivity contribution in [2.75, 3.05) is 6.54 Å². The van der Waals surface area contributed by atoms with Gasteiger partial charge in [-0.25, -0.2) is 13.2 Å². The highest BCUT2D eigenvalue weighted by Crippen LogP contribution is 2.25. The highest BCUT2D eigenvalue weighted by molar-refractivity contribution is 9.10. The molecule has 2 N–H and O–H groups in total. The lowest BCUT2D eigenvalue weighted by atomic mass is 10.1. The molecule has 0 spiro atoms. The lowest BCUT2D eigenvalue weighted by molar-refractivity contribution is 0.474. The molecule has 0 amide bonds. The van der Waals surface area contributed by atoms with Gasteiger partial charge in [-0.3, -0.25) is 0 Å². The summed E-state index contributed by atoms with van der Waals surface area (Å²) in [5, 5.41) is 0. The minimum Gasteiger partial charge on any atom is -0.330 e. The smallest absolute Gasteiger partial charge is 0.165 e. The summed E-state index contributed by atoms with van der Waals surface area (Å²) in [6.07, 6.45) is 1.36. The number of rotatable bonds is 4. The highest BCUT2D eigenvalue weighted by Gasteiger charge is 2.16. The quantitative estimate of drug-likeness (QED) is 0.666. The van der Waals surface area contributed by atoms with Crippen molar-refractivity contribution < 1.29 is 13.2 Å². The molecule has 0 bridgehead atoms. The van der Waals surface area contributed by atoms with E-state index in [1.165, 1.54) is 0 Å². The standard InChI is InChI=1S/C10H11BrF3N/c11-7-5-8(12)10(14)6(9(7)13)3-1-2-4-15/h5H,1-4,15H2. The molecule has 15 heavy (non-hydrogen) atoms. The molecule has 0 aromatic heterocycles. The Morgan fingerprint density at radius 2 is 1.80 bits per heavy atom. The second kappa shape index (κ2) is 5.51. The molecule has 0 fully saturated rings. The lowest BCUT2D eigenvalue weighted by Crippen LogP contribution is -2.03. The Morgan fingerprint density at radius 3 is 2.40 bits per heavy atom. The number of halogens is 4. The van der Waals surface area contributed by atoms with Gasteiger partial charge in [-0.15, -0.1) is 0 Å². The molecule has 5 heteroatoms. The van der Waals surface area contributed by atoms with Crippen LogP contribution >= 0.6 is 15.9 Å². The molecule has 1 nitrogen and oxygen atoms in total. The molecule has 0 heterocycles. The van der Waals surface area contributed by atoms with Crippen molar-refractivity contribution in [2.45, 2.75) is 19.3 Å². The lowest BCUT2D eigenvalue weighted by Gasteiger charge is -2.07. The molecule has 0 atom stereocenters. The van der Waals surface area contributed by atoms with E-state index in [2.05, 4.69) is 15.9 Å². The van der Waals surface area contributed by atoms with Crippen molar-refractivity contribution in [3.8, 4) is 0 Å². The van der Waals surface area contributed by atoms with E-state index in [1.54, 1.807) is 0 Å². The van der Waals surface area contributed by atoms with Crippen LogP contribution in [0, 0.1) is 17.5 Å². The summed E-state index contributed by atoms with van der Waals surface area (Å²) in [6, 6.07) is 0.789. The van der Waals surface area contributed by atoms with Crippen LogP contribution in [0.4, 0.5) is 13.2 Å². The van der Waals surface area contributed by atoms with Crippen molar-refractivity contribution >= 4 is 15.9 Å². The van der Waals surface area contributed by atoms with Crippen molar-refractivity contribution in [1.82, 2.24) is 0 Å². The molecule has 0 saturated heterocycles. The van der Waals surface area contributed by atoms with Gasteiger partial charge in [0.25, 0.3) is 0 Å². The van der Waals surface area contributed by atoms with Gasteiger partial charge in [-0.05, 0) is 47.8 Å². The van der Waals surface area contributed by atoms with Crippen LogP contribution in [0.15, 0.2) is 10.5 Å². The van der Waals surface area contributed by atoms with Gasteiger partial charge >= 0.3 is 0 Å². The van der Waals surface area contributed by atoms with E-state index in [0.717, 1.165) is 6.07 Å². The summed E-state index contributed by atoms with van der Waals surface area (Å²) in [4.78, 5) is 0. The summed E-state index contributed by atoms with van der Waals surface area (Å²) in [7, 11) is 0. The van der Waals surface area contributed by atoms with Crippen molar-refractivity contribution in [3.05, 3.63) is 33.6 Å². The third kappa shape index (κ3) is 2.95. The zero-order valence-corrected chi connectivity index (χ0v) is 9.58. The predicted octanol–water partition coefficient (Wildman–Crippen LogP) is 3.15. The number of nitrogens with two attached hydrogens (primary N) is 1. The topological polar surface area (TPSA) is 26.0 Å². The SMILES string of the molecule is NCCCCc1c(F)c(F)cc(Br)c1F. The van der Waals surface area contributed by atoms with Gasteiger partial charge < -0.3 is 5.73 Å². The Kier molecular flexibility index (Phi) is 4.60. The predicted molar refractivity (Wildman–Crippen MR) is 56.0 cm³/mol. The van der Waals surface area contributed by atoms with E-state index in [0.29, 0.717) is 19.4 Å². The van der Waals surface area contributed by atoms with E-state index < -0.39 is 17.5 Å². The molecule has 0 saturated carbocycles. The zero-order valence-electron chi connectivity index (χ0n) is 7.99. The van der Waals surface area contributed by atoms with E-state index in [9.17, 15) is 13.2 Å². The molecule has 0 aliphatic heterocycles. The van der Waals surface area contributed by atoms with Crippen LogP contribution in [0.1, 0.15) is 18.4 Å². The molecule has 1 rings (SSSR count). The molecule has 0 aliphatic carbocycles. The van der Waals surface area contributed by atoms with Gasteiger partial charge in [0.15, 0.2) is 11.6 Å². The van der Waals surface area contributed by atoms with Crippen molar-refractivity contribution in [3.63, 3.8) is 0 Å². The average molecular weight is 282 g/mol. The summed E-state index contributed by atoms with van der Waals surface area (Å²) < 4.78 is 39.5. The Labute approximate surface area is 94.6 Å². The van der Waals surface area contributed by atoms with Crippen LogP contribution in [-0.4, -0.2) is 6.54 Å². The third-order valence-corrected chi connectivity index (χ3v) is 2.66. The van der Waals surface area contributed by atoms with Crippen LogP contribution in [0.2, 0.25) is 0 Å². The second-order valence-electron chi connectivity index (χ2n) is 3.19. The van der Waals surface area contributed by atoms with Crippen LogP contribution in [0.5, 0.6) is 0 Å². The van der Waals surface area contributed by atoms with Crippen LogP contribution in [0.3, 0.4) is 0 Å². The summed E-state index contributed by atoms with van der Waals surface area (Å²) in [6.45, 7) is 0.458. The summed E-state index contributed by atoms with van der Waals surface area (Å²) >= 11 is 2.83. The monoisotopic (exact) mass is 281 g/mol. The van der Waals surface area contributed by atoms with Gasteiger partial charge in [0.2, 0.25) is 0 Å². The van der Waals surface area contributed by atoms with Gasteiger partial charge in [-0.1, -0.05) is 0 Å². The Balaban J connectivity index is 2.94. The van der Waals surface area contributed by atoms with E-state index in [-0.39, 0.29) is 16.5 Å². The van der Waals surface area contributed by atoms with Crippen molar-refractivity contribution in [1.29, 1.82) is 0 Å². The maximum atomic E-state index is 13.4. The third-order valence-electron chi connectivity index (χ3n) is 2.08. The Bertz CT molecular complexity index is 329. The van der Waals surface area contributed by atoms with Crippen LogP contribution < -0.4 is 5.73 Å². The average Bonchev–Trinajstić information content (AvgIpc) is 2.20. The van der Waals surface area contributed by atoms with Crippen LogP contribution in [-0.2, 0) is 6.42 Å². The second-order valence-corrected chi connectivity index (χ2v) is 4.05. The fourth-order valence-corrected chi connectivity index (χ4v) is 1.73. The largest absolute Gasteiger partial charge is 0.330 e. The minimum absolute atomic E-state index is 0.0517. The van der Waals surface area contributed by atoms with Gasteiger partial charge in [0, 0.05) is 5.56 Å². The maximum absolute atomic E-state index is 13.4. The first kappa shape index (κ1) is 12.5. The van der Waals surface area contributed by atoms with Gasteiger partial charge in [0.05, 0.1) is 4.47 Å². The maximum Gasteiger partial charge on any atom is 0.165 e. The van der Waals surface area contributed by atoms with E-state index in [4.69, 9.17) is 5.73 Å². The molecule has 0 unspecified atom stereocenters. The Morgan fingerprint density at radius 1 is 1.13 bits per heavy atom. The number of benzene rings is 1. The Hall–Kier alpha value is -0.550. The van der Waals surface area contributed by atoms with E-state index in [1.807, 2.05) is 0 Å². The molecule has 84 valence electrons. The molecule has 0 aliphatic rings. The van der Waals surface area contributed by atoms with Crippen LogP contribution in [0.25, 0.3) is 0 Å². The normalized spacial score (nSPS) is 10.7. The first-order valence-corrected chi connectivity index (χ1v) is 5.39. The first-order valence-electron chi connectivity index (χ1n) is 4.60.